The summed E-state index contributed by atoms with van der Waals surface area (Å²) in [7, 11) is 0. The second kappa shape index (κ2) is 2.31. The summed E-state index contributed by atoms with van der Waals surface area (Å²) in [6, 6.07) is 0. The van der Waals surface area contributed by atoms with Crippen LogP contribution in [0.1, 0.15) is 19.8 Å². The van der Waals surface area contributed by atoms with Gasteiger partial charge in [-0.2, -0.15) is 0 Å². The highest BCUT2D eigenvalue weighted by atomic mass is 16.3. The lowest BCUT2D eigenvalue weighted by atomic mass is 9.98. The van der Waals surface area contributed by atoms with E-state index in [1.54, 1.807) is 13.0 Å². The average molecular weight is 126 g/mol. The zero-order valence-corrected chi connectivity index (χ0v) is 5.42. The van der Waals surface area contributed by atoms with Gasteiger partial charge in [0.15, 0.2) is 5.78 Å². The van der Waals surface area contributed by atoms with Gasteiger partial charge in [-0.05, 0) is 25.0 Å². The van der Waals surface area contributed by atoms with Crippen molar-refractivity contribution in [2.45, 2.75) is 25.9 Å². The minimum atomic E-state index is -0.386. The van der Waals surface area contributed by atoms with Crippen LogP contribution in [0.25, 0.3) is 0 Å². The third kappa shape index (κ3) is 1.39. The first kappa shape index (κ1) is 6.49. The number of hydrogen-bond acceptors (Lipinski definition) is 2. The molecule has 1 N–H and O–H groups in total. The molecule has 1 atom stereocenters. The van der Waals surface area contributed by atoms with Crippen LogP contribution in [0.15, 0.2) is 11.6 Å². The van der Waals surface area contributed by atoms with E-state index in [4.69, 9.17) is 5.11 Å². The van der Waals surface area contributed by atoms with E-state index >= 15 is 0 Å². The van der Waals surface area contributed by atoms with Gasteiger partial charge in [0.25, 0.3) is 0 Å². The van der Waals surface area contributed by atoms with Crippen LogP contribution in [-0.4, -0.2) is 17.0 Å². The Kier molecular flexibility index (Phi) is 1.67. The molecule has 2 heteroatoms. The molecule has 0 amide bonds. The molecule has 0 radical (unpaired) electrons. The molecule has 0 fully saturated rings. The SMILES string of the molecule is CC1=C[C@H](O)CCC1=O. The summed E-state index contributed by atoms with van der Waals surface area (Å²) < 4.78 is 0. The van der Waals surface area contributed by atoms with Crippen molar-refractivity contribution < 1.29 is 9.90 Å². The topological polar surface area (TPSA) is 37.3 Å². The standard InChI is InChI=1S/C7H10O2/c1-5-4-6(8)2-3-7(5)9/h4,6,8H,2-3H2,1H3/t6-/m1/s1. The molecule has 0 saturated heterocycles. The Labute approximate surface area is 54.2 Å². The summed E-state index contributed by atoms with van der Waals surface area (Å²) in [6.45, 7) is 1.74. The minimum absolute atomic E-state index is 0.167. The number of aliphatic hydroxyl groups is 1. The molecule has 0 aliphatic heterocycles. The summed E-state index contributed by atoms with van der Waals surface area (Å²) in [5, 5.41) is 8.97. The van der Waals surface area contributed by atoms with Crippen molar-refractivity contribution in [3.05, 3.63) is 11.6 Å². The normalized spacial score (nSPS) is 28.0. The highest BCUT2D eigenvalue weighted by Gasteiger charge is 2.14. The second-order valence-electron chi connectivity index (χ2n) is 2.38. The minimum Gasteiger partial charge on any atom is -0.389 e. The highest BCUT2D eigenvalue weighted by molar-refractivity contribution is 5.95. The number of allylic oxidation sites excluding steroid dienone is 1. The fraction of sp³-hybridized carbons (Fsp3) is 0.571. The molecule has 0 aromatic carbocycles. The molecule has 1 aliphatic carbocycles. The number of hydrogen-bond donors (Lipinski definition) is 1. The number of rotatable bonds is 0. The quantitative estimate of drug-likeness (QED) is 0.517. The molecule has 50 valence electrons. The Morgan fingerprint density at radius 2 is 2.44 bits per heavy atom. The summed E-state index contributed by atoms with van der Waals surface area (Å²) in [4.78, 5) is 10.8. The predicted molar refractivity (Wildman–Crippen MR) is 34.0 cm³/mol. The van der Waals surface area contributed by atoms with E-state index in [0.717, 1.165) is 0 Å². The summed E-state index contributed by atoms with van der Waals surface area (Å²) in [5.41, 5.74) is 0.703. The van der Waals surface area contributed by atoms with Gasteiger partial charge in [0.2, 0.25) is 0 Å². The van der Waals surface area contributed by atoms with E-state index in [2.05, 4.69) is 0 Å². The van der Waals surface area contributed by atoms with Gasteiger partial charge < -0.3 is 5.11 Å². The van der Waals surface area contributed by atoms with E-state index in [0.29, 0.717) is 18.4 Å². The highest BCUT2D eigenvalue weighted by Crippen LogP contribution is 2.13. The monoisotopic (exact) mass is 126 g/mol. The molecule has 1 rings (SSSR count). The molecular weight excluding hydrogens is 116 g/mol. The zero-order chi connectivity index (χ0) is 6.85. The van der Waals surface area contributed by atoms with Crippen molar-refractivity contribution in [1.82, 2.24) is 0 Å². The maximum atomic E-state index is 10.8. The van der Waals surface area contributed by atoms with Gasteiger partial charge in [-0.25, -0.2) is 0 Å². The number of aliphatic hydroxyl groups excluding tert-OH is 1. The Balaban J connectivity index is 2.72. The smallest absolute Gasteiger partial charge is 0.158 e. The molecule has 0 aromatic rings. The van der Waals surface area contributed by atoms with E-state index in [-0.39, 0.29) is 11.9 Å². The predicted octanol–water partition coefficient (Wildman–Crippen LogP) is 0.657. The fourth-order valence-electron chi connectivity index (χ4n) is 0.941. The zero-order valence-electron chi connectivity index (χ0n) is 5.42. The van der Waals surface area contributed by atoms with Gasteiger partial charge in [0.1, 0.15) is 0 Å². The molecule has 0 aromatic heterocycles. The van der Waals surface area contributed by atoms with Crippen LogP contribution in [0.2, 0.25) is 0 Å². The van der Waals surface area contributed by atoms with Crippen molar-refractivity contribution in [1.29, 1.82) is 0 Å². The number of Topliss-reactive ketones (excluding diaryl/α,β-unsaturated/α-hetero) is 1. The first-order chi connectivity index (χ1) is 4.20. The Bertz CT molecular complexity index is 158. The van der Waals surface area contributed by atoms with Crippen LogP contribution in [0.4, 0.5) is 0 Å². The van der Waals surface area contributed by atoms with Crippen molar-refractivity contribution >= 4 is 5.78 Å². The average Bonchev–Trinajstić information content (AvgIpc) is 1.80. The second-order valence-corrected chi connectivity index (χ2v) is 2.38. The Morgan fingerprint density at radius 1 is 1.78 bits per heavy atom. The number of carbonyl (C=O) groups excluding carboxylic acids is 1. The van der Waals surface area contributed by atoms with Crippen LogP contribution >= 0.6 is 0 Å². The first-order valence-corrected chi connectivity index (χ1v) is 3.10. The molecule has 0 bridgehead atoms. The number of carbonyl (C=O) groups is 1. The van der Waals surface area contributed by atoms with Crippen molar-refractivity contribution in [3.8, 4) is 0 Å². The van der Waals surface area contributed by atoms with Gasteiger partial charge in [-0.1, -0.05) is 0 Å². The third-order valence-corrected chi connectivity index (χ3v) is 1.55. The van der Waals surface area contributed by atoms with Crippen molar-refractivity contribution in [2.24, 2.45) is 0 Å². The number of ketones is 1. The molecule has 2 nitrogen and oxygen atoms in total. The Morgan fingerprint density at radius 3 is 2.89 bits per heavy atom. The summed E-state index contributed by atoms with van der Waals surface area (Å²) in [6.07, 6.45) is 2.33. The lowest BCUT2D eigenvalue weighted by Gasteiger charge is -2.11. The van der Waals surface area contributed by atoms with Gasteiger partial charge in [-0.15, -0.1) is 0 Å². The largest absolute Gasteiger partial charge is 0.389 e. The van der Waals surface area contributed by atoms with Crippen molar-refractivity contribution in [3.63, 3.8) is 0 Å². The molecule has 1 aliphatic rings. The van der Waals surface area contributed by atoms with E-state index in [9.17, 15) is 4.79 Å². The molecule has 0 heterocycles. The summed E-state index contributed by atoms with van der Waals surface area (Å²) in [5.74, 6) is 0.167. The molecule has 0 spiro atoms. The van der Waals surface area contributed by atoms with Gasteiger partial charge in [0.05, 0.1) is 6.10 Å². The van der Waals surface area contributed by atoms with E-state index in [1.807, 2.05) is 0 Å². The van der Waals surface area contributed by atoms with Crippen LogP contribution < -0.4 is 0 Å². The van der Waals surface area contributed by atoms with Crippen LogP contribution in [0.3, 0.4) is 0 Å². The molecule has 9 heavy (non-hydrogen) atoms. The molecule has 0 saturated carbocycles. The van der Waals surface area contributed by atoms with Crippen LogP contribution in [0, 0.1) is 0 Å². The van der Waals surface area contributed by atoms with Gasteiger partial charge >= 0.3 is 0 Å². The fourth-order valence-corrected chi connectivity index (χ4v) is 0.941. The molecular formula is C7H10O2. The maximum absolute atomic E-state index is 10.8. The lowest BCUT2D eigenvalue weighted by Crippen LogP contribution is -2.15. The Hall–Kier alpha value is -0.630. The van der Waals surface area contributed by atoms with E-state index in [1.165, 1.54) is 0 Å². The maximum Gasteiger partial charge on any atom is 0.158 e. The first-order valence-electron chi connectivity index (χ1n) is 3.10. The molecule has 0 unspecified atom stereocenters. The van der Waals surface area contributed by atoms with Crippen LogP contribution in [0.5, 0.6) is 0 Å². The van der Waals surface area contributed by atoms with Crippen molar-refractivity contribution in [2.75, 3.05) is 0 Å². The van der Waals surface area contributed by atoms with Crippen LogP contribution in [-0.2, 0) is 4.79 Å². The van der Waals surface area contributed by atoms with Gasteiger partial charge in [-0.3, -0.25) is 4.79 Å². The lowest BCUT2D eigenvalue weighted by molar-refractivity contribution is -0.116. The third-order valence-electron chi connectivity index (χ3n) is 1.55. The van der Waals surface area contributed by atoms with Gasteiger partial charge in [0, 0.05) is 6.42 Å². The van der Waals surface area contributed by atoms with E-state index < -0.39 is 0 Å². The summed E-state index contributed by atoms with van der Waals surface area (Å²) >= 11 is 0.